The van der Waals surface area contributed by atoms with Gasteiger partial charge in [-0.1, -0.05) is 24.3 Å². The second-order valence-corrected chi connectivity index (χ2v) is 9.81. The van der Waals surface area contributed by atoms with Gasteiger partial charge in [-0.15, -0.1) is 0 Å². The van der Waals surface area contributed by atoms with Gasteiger partial charge in [0.15, 0.2) is 4.90 Å². The molecule has 168 valence electrons. The van der Waals surface area contributed by atoms with Crippen molar-refractivity contribution in [3.63, 3.8) is 0 Å². The molecule has 5 rings (SSSR count). The third-order valence-corrected chi connectivity index (χ3v) is 7.35. The maximum absolute atomic E-state index is 13.1. The van der Waals surface area contributed by atoms with E-state index in [1.54, 1.807) is 24.5 Å². The molecule has 0 amide bonds. The monoisotopic (exact) mass is 469 g/mol. The van der Waals surface area contributed by atoms with Crippen molar-refractivity contribution < 1.29 is 12.5 Å². The molecule has 0 saturated carbocycles. The van der Waals surface area contributed by atoms with Crippen molar-refractivity contribution >= 4 is 26.7 Å². The number of nitrogens with zero attached hydrogens (tertiary/aromatic N) is 4. The van der Waals surface area contributed by atoms with E-state index in [2.05, 4.69) is 27.2 Å². The number of nitriles is 1. The summed E-state index contributed by atoms with van der Waals surface area (Å²) in [5.74, 6) is 0. The van der Waals surface area contributed by atoms with Crippen molar-refractivity contribution in [3.05, 3.63) is 84.9 Å². The zero-order valence-electron chi connectivity index (χ0n) is 18.5. The molecule has 0 bridgehead atoms. The summed E-state index contributed by atoms with van der Waals surface area (Å²) in [5, 5.41) is 13.0. The molecule has 0 atom stereocenters. The molecule has 0 saturated heterocycles. The van der Waals surface area contributed by atoms with Crippen molar-refractivity contribution in [2.75, 3.05) is 19.0 Å². The first-order valence-electron chi connectivity index (χ1n) is 10.5. The number of hydrogen-bond donors (Lipinski definition) is 2. The van der Waals surface area contributed by atoms with Gasteiger partial charge in [0.2, 0.25) is 6.20 Å². The highest BCUT2D eigenvalue weighted by Gasteiger charge is 2.30. The number of rotatable bonds is 5. The fraction of sp³-hybridized carbons (Fsp3) is 0.0800. The number of hydrogen-bond acceptors (Lipinski definition) is 5. The van der Waals surface area contributed by atoms with E-state index in [-0.39, 0.29) is 10.5 Å². The van der Waals surface area contributed by atoms with Gasteiger partial charge in [0, 0.05) is 52.8 Å². The number of nitrogens with one attached hydrogen (secondary N) is 2. The lowest BCUT2D eigenvalue weighted by atomic mass is 10.0. The predicted molar refractivity (Wildman–Crippen MR) is 130 cm³/mol. The van der Waals surface area contributed by atoms with Crippen molar-refractivity contribution in [2.24, 2.45) is 0 Å². The number of aromatic amines is 2. The lowest BCUT2D eigenvalue weighted by molar-refractivity contribution is -0.574. The van der Waals surface area contributed by atoms with Gasteiger partial charge in [-0.05, 0) is 35.9 Å². The van der Waals surface area contributed by atoms with Gasteiger partial charge in [0.25, 0.3) is 0 Å². The minimum Gasteiger partial charge on any atom is -0.378 e. The normalized spacial score (nSPS) is 11.4. The number of benzene rings is 2. The molecule has 3 heterocycles. The van der Waals surface area contributed by atoms with Gasteiger partial charge >= 0.3 is 10.0 Å². The molecule has 2 aromatic carbocycles. The molecule has 0 spiro atoms. The van der Waals surface area contributed by atoms with E-state index in [1.807, 2.05) is 49.5 Å². The molecule has 0 radical (unpaired) electrons. The molecule has 9 heteroatoms. The third kappa shape index (κ3) is 3.60. The number of aromatic nitrogens is 4. The molecule has 0 aliphatic rings. The Hall–Kier alpha value is -4.42. The van der Waals surface area contributed by atoms with Crippen molar-refractivity contribution in [1.82, 2.24) is 15.1 Å². The van der Waals surface area contributed by atoms with Crippen molar-refractivity contribution in [1.29, 1.82) is 5.26 Å². The van der Waals surface area contributed by atoms with Crippen molar-refractivity contribution in [2.45, 2.75) is 4.90 Å². The standard InChI is InChI=1S/C25H20N6O2S/c1-30(2)21-9-7-17(8-10-21)19-11-22-23(15-28-25(22)27-13-19)20-14-29-31(16-20)34(32,33)24-6-4-3-5-18(24)12-26/h3-11,13-16H,1-2H3,(H,27,28)/p+1. The summed E-state index contributed by atoms with van der Waals surface area (Å²) < 4.78 is 27.3. The maximum atomic E-state index is 13.1. The van der Waals surface area contributed by atoms with Crippen LogP contribution in [0.25, 0.3) is 33.3 Å². The van der Waals surface area contributed by atoms with Gasteiger partial charge in [-0.3, -0.25) is 0 Å². The average molecular weight is 470 g/mol. The molecular weight excluding hydrogens is 448 g/mol. The highest BCUT2D eigenvalue weighted by molar-refractivity contribution is 7.85. The highest BCUT2D eigenvalue weighted by Crippen LogP contribution is 2.31. The third-order valence-electron chi connectivity index (χ3n) is 5.71. The Kier molecular flexibility index (Phi) is 5.15. The molecule has 2 N–H and O–H groups in total. The summed E-state index contributed by atoms with van der Waals surface area (Å²) in [5.41, 5.74) is 5.38. The quantitative estimate of drug-likeness (QED) is 0.382. The van der Waals surface area contributed by atoms with E-state index in [0.717, 1.165) is 31.9 Å². The second-order valence-electron chi connectivity index (χ2n) is 8.03. The van der Waals surface area contributed by atoms with Crippen LogP contribution in [0.4, 0.5) is 5.69 Å². The van der Waals surface area contributed by atoms with E-state index < -0.39 is 10.0 Å². The lowest BCUT2D eigenvalue weighted by Gasteiger charge is -2.12. The van der Waals surface area contributed by atoms with Crippen LogP contribution in [0.5, 0.6) is 0 Å². The molecule has 8 nitrogen and oxygen atoms in total. The van der Waals surface area contributed by atoms with Crippen LogP contribution in [0.15, 0.2) is 84.3 Å². The minimum atomic E-state index is -3.96. The molecule has 34 heavy (non-hydrogen) atoms. The van der Waals surface area contributed by atoms with Crippen LogP contribution in [0.3, 0.4) is 0 Å². The van der Waals surface area contributed by atoms with Crippen LogP contribution in [0.2, 0.25) is 0 Å². The summed E-state index contributed by atoms with van der Waals surface area (Å²) in [6.45, 7) is 0. The number of H-pyrrole nitrogens is 2. The summed E-state index contributed by atoms with van der Waals surface area (Å²) in [6, 6.07) is 18.3. The Morgan fingerprint density at radius 2 is 1.76 bits per heavy atom. The van der Waals surface area contributed by atoms with Gasteiger partial charge in [-0.25, -0.2) is 4.98 Å². The molecular formula is C25H21N6O2S+. The second kappa shape index (κ2) is 8.17. The average Bonchev–Trinajstić information content (AvgIpc) is 3.51. The first-order valence-corrected chi connectivity index (χ1v) is 11.9. The molecule has 0 fully saturated rings. The van der Waals surface area contributed by atoms with Crippen LogP contribution in [0, 0.1) is 11.3 Å². The van der Waals surface area contributed by atoms with Crippen LogP contribution < -0.4 is 8.99 Å². The summed E-state index contributed by atoms with van der Waals surface area (Å²) in [7, 11) is 0.0352. The lowest BCUT2D eigenvalue weighted by Crippen LogP contribution is -2.44. The van der Waals surface area contributed by atoms with E-state index >= 15 is 0 Å². The Balaban J connectivity index is 1.55. The summed E-state index contributed by atoms with van der Waals surface area (Å²) in [4.78, 5) is 9.69. The summed E-state index contributed by atoms with van der Waals surface area (Å²) in [6.07, 6.45) is 6.74. The smallest absolute Gasteiger partial charge is 0.378 e. The Labute approximate surface area is 196 Å². The Bertz CT molecular complexity index is 1660. The fourth-order valence-corrected chi connectivity index (χ4v) is 5.16. The zero-order valence-corrected chi connectivity index (χ0v) is 19.3. The first kappa shape index (κ1) is 21.4. The summed E-state index contributed by atoms with van der Waals surface area (Å²) >= 11 is 0. The van der Waals surface area contributed by atoms with Crippen LogP contribution in [0.1, 0.15) is 5.56 Å². The van der Waals surface area contributed by atoms with Gasteiger partial charge in [0.1, 0.15) is 11.7 Å². The Morgan fingerprint density at radius 1 is 1.00 bits per heavy atom. The van der Waals surface area contributed by atoms with Gasteiger partial charge in [0.05, 0.1) is 17.3 Å². The van der Waals surface area contributed by atoms with Crippen LogP contribution in [-0.4, -0.2) is 37.6 Å². The van der Waals surface area contributed by atoms with Crippen LogP contribution >= 0.6 is 0 Å². The Morgan fingerprint density at radius 3 is 2.50 bits per heavy atom. The first-order chi connectivity index (χ1) is 16.4. The topological polar surface area (TPSA) is 110 Å². The van der Waals surface area contributed by atoms with E-state index in [4.69, 9.17) is 0 Å². The van der Waals surface area contributed by atoms with Crippen LogP contribution in [-0.2, 0) is 10.0 Å². The SMILES string of the molecule is CN(C)c1ccc(-c2cnc3[nH]cc(-c4c[nH][n+](S(=O)(=O)c5ccccc5C#N)c4)c3c2)cc1. The van der Waals surface area contributed by atoms with Gasteiger partial charge in [-0.2, -0.15) is 18.8 Å². The maximum Gasteiger partial charge on any atom is 0.422 e. The molecule has 5 aromatic rings. The van der Waals surface area contributed by atoms with E-state index in [0.29, 0.717) is 11.2 Å². The predicted octanol–water partition coefficient (Wildman–Crippen LogP) is 3.69. The number of fused-ring (bicyclic) bond motifs is 1. The van der Waals surface area contributed by atoms with E-state index in [9.17, 15) is 13.7 Å². The largest absolute Gasteiger partial charge is 0.422 e. The fourth-order valence-electron chi connectivity index (χ4n) is 3.86. The highest BCUT2D eigenvalue weighted by atomic mass is 32.2. The number of pyridine rings is 1. The molecule has 0 unspecified atom stereocenters. The molecule has 0 aliphatic carbocycles. The number of anilines is 1. The van der Waals surface area contributed by atoms with Gasteiger partial charge < -0.3 is 9.88 Å². The van der Waals surface area contributed by atoms with Crippen molar-refractivity contribution in [3.8, 4) is 28.3 Å². The minimum absolute atomic E-state index is 0.0556. The molecule has 0 aliphatic heterocycles. The van der Waals surface area contributed by atoms with E-state index in [1.165, 1.54) is 18.3 Å². The zero-order chi connectivity index (χ0) is 23.9. The molecule has 3 aromatic heterocycles.